The molecule has 0 aliphatic heterocycles. The van der Waals surface area contributed by atoms with Crippen LogP contribution in [0.5, 0.6) is 0 Å². The maximum atomic E-state index is 11.4. The van der Waals surface area contributed by atoms with Gasteiger partial charge in [-0.25, -0.2) is 4.79 Å². The normalized spacial score (nSPS) is 11.4. The molecule has 1 rings (SSSR count). The summed E-state index contributed by atoms with van der Waals surface area (Å²) in [6.07, 6.45) is 0. The summed E-state index contributed by atoms with van der Waals surface area (Å²) in [5.41, 5.74) is 4.93. The van der Waals surface area contributed by atoms with Crippen molar-refractivity contribution in [3.05, 3.63) is 17.5 Å². The molecular formula is C9H14N2O3. The summed E-state index contributed by atoms with van der Waals surface area (Å²) in [5, 5.41) is 3.54. The number of aromatic nitrogens is 1. The Morgan fingerprint density at radius 3 is 2.71 bits per heavy atom. The van der Waals surface area contributed by atoms with Crippen molar-refractivity contribution in [1.82, 2.24) is 5.16 Å². The Hall–Kier alpha value is -1.36. The highest BCUT2D eigenvalue weighted by atomic mass is 16.6. The molecule has 0 unspecified atom stereocenters. The maximum absolute atomic E-state index is 11.4. The van der Waals surface area contributed by atoms with Crippen LogP contribution in [-0.2, 0) is 11.3 Å². The number of hydrogen-bond acceptors (Lipinski definition) is 5. The van der Waals surface area contributed by atoms with E-state index in [9.17, 15) is 4.79 Å². The summed E-state index contributed by atoms with van der Waals surface area (Å²) in [4.78, 5) is 11.4. The van der Waals surface area contributed by atoms with Gasteiger partial charge in [0, 0.05) is 6.07 Å². The van der Waals surface area contributed by atoms with Gasteiger partial charge in [-0.15, -0.1) is 0 Å². The standard InChI is InChI=1S/C9H14N2O3/c1-9(2,3)13-8(12)7-4-6(5-10)14-11-7/h4H,5,10H2,1-3H3. The van der Waals surface area contributed by atoms with E-state index in [1.165, 1.54) is 6.07 Å². The topological polar surface area (TPSA) is 78.4 Å². The van der Waals surface area contributed by atoms with Crippen molar-refractivity contribution in [2.45, 2.75) is 32.9 Å². The van der Waals surface area contributed by atoms with Crippen molar-refractivity contribution >= 4 is 5.97 Å². The zero-order valence-electron chi connectivity index (χ0n) is 8.53. The molecule has 14 heavy (non-hydrogen) atoms. The van der Waals surface area contributed by atoms with Gasteiger partial charge in [-0.2, -0.15) is 0 Å². The Labute approximate surface area is 82.2 Å². The van der Waals surface area contributed by atoms with E-state index in [2.05, 4.69) is 5.16 Å². The van der Waals surface area contributed by atoms with Crippen molar-refractivity contribution in [1.29, 1.82) is 0 Å². The van der Waals surface area contributed by atoms with Crippen LogP contribution in [0.15, 0.2) is 10.6 Å². The van der Waals surface area contributed by atoms with Gasteiger partial charge in [0.25, 0.3) is 0 Å². The van der Waals surface area contributed by atoms with Gasteiger partial charge in [-0.05, 0) is 20.8 Å². The molecule has 0 saturated carbocycles. The van der Waals surface area contributed by atoms with Gasteiger partial charge in [0.05, 0.1) is 6.54 Å². The predicted octanol–water partition coefficient (Wildman–Crippen LogP) is 1.09. The van der Waals surface area contributed by atoms with Gasteiger partial charge in [0.15, 0.2) is 11.5 Å². The van der Waals surface area contributed by atoms with Crippen LogP contribution < -0.4 is 5.73 Å². The number of carbonyl (C=O) groups is 1. The van der Waals surface area contributed by atoms with Crippen LogP contribution in [0.2, 0.25) is 0 Å². The molecule has 0 aliphatic carbocycles. The van der Waals surface area contributed by atoms with Crippen LogP contribution >= 0.6 is 0 Å². The van der Waals surface area contributed by atoms with E-state index >= 15 is 0 Å². The molecule has 1 aromatic heterocycles. The molecule has 0 radical (unpaired) electrons. The van der Waals surface area contributed by atoms with Crippen molar-refractivity contribution < 1.29 is 14.1 Å². The molecule has 0 fully saturated rings. The zero-order valence-corrected chi connectivity index (χ0v) is 8.53. The van der Waals surface area contributed by atoms with E-state index in [-0.39, 0.29) is 12.2 Å². The third-order valence-electron chi connectivity index (χ3n) is 1.37. The first-order valence-corrected chi connectivity index (χ1v) is 4.31. The van der Waals surface area contributed by atoms with E-state index in [1.807, 2.05) is 0 Å². The molecule has 1 aromatic rings. The first-order valence-electron chi connectivity index (χ1n) is 4.31. The van der Waals surface area contributed by atoms with E-state index in [1.54, 1.807) is 20.8 Å². The van der Waals surface area contributed by atoms with Gasteiger partial charge in [0.2, 0.25) is 0 Å². The lowest BCUT2D eigenvalue weighted by Gasteiger charge is -2.18. The van der Waals surface area contributed by atoms with Crippen molar-refractivity contribution in [2.24, 2.45) is 5.73 Å². The lowest BCUT2D eigenvalue weighted by atomic mass is 10.2. The number of nitrogens with zero attached hydrogens (tertiary/aromatic N) is 1. The lowest BCUT2D eigenvalue weighted by Crippen LogP contribution is -2.24. The summed E-state index contributed by atoms with van der Waals surface area (Å²) in [5.74, 6) is -0.0354. The lowest BCUT2D eigenvalue weighted by molar-refractivity contribution is 0.00588. The summed E-state index contributed by atoms with van der Waals surface area (Å²) in [7, 11) is 0. The quantitative estimate of drug-likeness (QED) is 0.719. The predicted molar refractivity (Wildman–Crippen MR) is 49.6 cm³/mol. The Morgan fingerprint density at radius 2 is 2.29 bits per heavy atom. The average molecular weight is 198 g/mol. The highest BCUT2D eigenvalue weighted by molar-refractivity contribution is 5.87. The minimum Gasteiger partial charge on any atom is -0.455 e. The number of rotatable bonds is 2. The largest absolute Gasteiger partial charge is 0.455 e. The van der Waals surface area contributed by atoms with Crippen LogP contribution in [0.4, 0.5) is 0 Å². The fourth-order valence-corrected chi connectivity index (χ4v) is 0.836. The zero-order chi connectivity index (χ0) is 10.8. The van der Waals surface area contributed by atoms with Crippen LogP contribution in [0.25, 0.3) is 0 Å². The molecule has 0 spiro atoms. The van der Waals surface area contributed by atoms with Crippen LogP contribution in [0.1, 0.15) is 37.0 Å². The third kappa shape index (κ3) is 2.85. The van der Waals surface area contributed by atoms with E-state index in [0.717, 1.165) is 0 Å². The Balaban J connectivity index is 2.70. The van der Waals surface area contributed by atoms with E-state index in [0.29, 0.717) is 5.76 Å². The second kappa shape index (κ2) is 3.79. The van der Waals surface area contributed by atoms with E-state index in [4.69, 9.17) is 15.0 Å². The summed E-state index contributed by atoms with van der Waals surface area (Å²) < 4.78 is 9.85. The molecule has 0 saturated heterocycles. The fraction of sp³-hybridized carbons (Fsp3) is 0.556. The van der Waals surface area contributed by atoms with Crippen molar-refractivity contribution in [3.63, 3.8) is 0 Å². The SMILES string of the molecule is CC(C)(C)OC(=O)c1cc(CN)on1. The van der Waals surface area contributed by atoms with Crippen LogP contribution in [0.3, 0.4) is 0 Å². The number of esters is 1. The molecule has 0 atom stereocenters. The second-order valence-electron chi connectivity index (χ2n) is 3.88. The third-order valence-corrected chi connectivity index (χ3v) is 1.37. The summed E-state index contributed by atoms with van der Waals surface area (Å²) >= 11 is 0. The monoisotopic (exact) mass is 198 g/mol. The molecular weight excluding hydrogens is 184 g/mol. The number of carbonyl (C=O) groups excluding carboxylic acids is 1. The minimum absolute atomic E-state index is 0.153. The molecule has 2 N–H and O–H groups in total. The first-order chi connectivity index (χ1) is 6.42. The summed E-state index contributed by atoms with van der Waals surface area (Å²) in [6.45, 7) is 5.58. The minimum atomic E-state index is -0.529. The Morgan fingerprint density at radius 1 is 1.64 bits per heavy atom. The molecule has 0 aliphatic rings. The number of ether oxygens (including phenoxy) is 1. The molecule has 0 bridgehead atoms. The number of nitrogens with two attached hydrogens (primary N) is 1. The fourth-order valence-electron chi connectivity index (χ4n) is 0.836. The molecule has 78 valence electrons. The van der Waals surface area contributed by atoms with Crippen molar-refractivity contribution in [3.8, 4) is 0 Å². The highest BCUT2D eigenvalue weighted by Gasteiger charge is 2.20. The highest BCUT2D eigenvalue weighted by Crippen LogP contribution is 2.11. The second-order valence-corrected chi connectivity index (χ2v) is 3.88. The van der Waals surface area contributed by atoms with Gasteiger partial charge >= 0.3 is 5.97 Å². The molecule has 1 heterocycles. The van der Waals surface area contributed by atoms with Gasteiger partial charge in [0.1, 0.15) is 5.60 Å². The van der Waals surface area contributed by atoms with Crippen LogP contribution in [-0.4, -0.2) is 16.7 Å². The molecule has 0 amide bonds. The van der Waals surface area contributed by atoms with Crippen LogP contribution in [0, 0.1) is 0 Å². The Bertz CT molecular complexity index is 325. The first kappa shape index (κ1) is 10.7. The maximum Gasteiger partial charge on any atom is 0.361 e. The molecule has 5 heteroatoms. The van der Waals surface area contributed by atoms with E-state index < -0.39 is 11.6 Å². The van der Waals surface area contributed by atoms with Gasteiger partial charge < -0.3 is 15.0 Å². The van der Waals surface area contributed by atoms with Gasteiger partial charge in [-0.3, -0.25) is 0 Å². The summed E-state index contributed by atoms with van der Waals surface area (Å²) in [6, 6.07) is 1.48. The van der Waals surface area contributed by atoms with Crippen molar-refractivity contribution in [2.75, 3.05) is 0 Å². The van der Waals surface area contributed by atoms with Gasteiger partial charge in [-0.1, -0.05) is 5.16 Å². The number of hydrogen-bond donors (Lipinski definition) is 1. The molecule has 0 aromatic carbocycles. The smallest absolute Gasteiger partial charge is 0.361 e. The molecule has 5 nitrogen and oxygen atoms in total. The Kier molecular flexibility index (Phi) is 2.90. The average Bonchev–Trinajstić information content (AvgIpc) is 2.48.